The number of hydrogen-bond acceptors (Lipinski definition) is 2. The van der Waals surface area contributed by atoms with E-state index in [2.05, 4.69) is 5.32 Å². The molecule has 5 heteroatoms. The van der Waals surface area contributed by atoms with E-state index in [0.717, 1.165) is 24.9 Å². The molecule has 0 bridgehead atoms. The summed E-state index contributed by atoms with van der Waals surface area (Å²) in [6.07, 6.45) is 1.69. The normalized spacial score (nSPS) is 19.6. The van der Waals surface area contributed by atoms with Crippen LogP contribution in [-0.4, -0.2) is 36.3 Å². The Hall–Kier alpha value is -1.91. The first-order valence-corrected chi connectivity index (χ1v) is 7.76. The van der Waals surface area contributed by atoms with Crippen molar-refractivity contribution in [1.29, 1.82) is 0 Å². The van der Waals surface area contributed by atoms with Crippen LogP contribution >= 0.6 is 0 Å². The van der Waals surface area contributed by atoms with Crippen LogP contribution in [0.25, 0.3) is 0 Å². The highest BCUT2D eigenvalue weighted by Crippen LogP contribution is 2.18. The Bertz CT molecular complexity index is 530. The molecule has 1 aromatic carbocycles. The topological polar surface area (TPSA) is 49.4 Å². The van der Waals surface area contributed by atoms with Crippen LogP contribution in [0.1, 0.15) is 38.2 Å². The van der Waals surface area contributed by atoms with Crippen molar-refractivity contribution in [3.8, 4) is 0 Å². The molecular weight excluding hydrogens is 283 g/mol. The molecule has 0 spiro atoms. The van der Waals surface area contributed by atoms with E-state index in [1.165, 1.54) is 19.1 Å². The molecule has 0 aromatic heterocycles. The fourth-order valence-corrected chi connectivity index (χ4v) is 2.78. The quantitative estimate of drug-likeness (QED) is 0.928. The van der Waals surface area contributed by atoms with E-state index in [0.29, 0.717) is 13.1 Å². The number of hydrogen-bond donors (Lipinski definition) is 1. The zero-order valence-corrected chi connectivity index (χ0v) is 13.1. The van der Waals surface area contributed by atoms with Gasteiger partial charge in [0, 0.05) is 26.6 Å². The molecule has 1 N–H and O–H groups in total. The third-order valence-electron chi connectivity index (χ3n) is 4.26. The molecule has 22 heavy (non-hydrogen) atoms. The maximum absolute atomic E-state index is 12.9. The minimum absolute atomic E-state index is 0.0000818. The van der Waals surface area contributed by atoms with Crippen molar-refractivity contribution in [3.63, 3.8) is 0 Å². The Morgan fingerprint density at radius 2 is 2.05 bits per heavy atom. The Labute approximate surface area is 130 Å². The minimum Gasteiger partial charge on any atom is -0.355 e. The molecule has 2 unspecified atom stereocenters. The number of carbonyl (C=O) groups is 2. The molecule has 2 atom stereocenters. The van der Waals surface area contributed by atoms with Crippen LogP contribution in [-0.2, 0) is 9.59 Å². The average Bonchev–Trinajstić information content (AvgIpc) is 2.53. The lowest BCUT2D eigenvalue weighted by Gasteiger charge is -2.31. The van der Waals surface area contributed by atoms with Gasteiger partial charge in [-0.1, -0.05) is 19.1 Å². The van der Waals surface area contributed by atoms with Gasteiger partial charge in [0.1, 0.15) is 5.82 Å². The maximum Gasteiger partial charge on any atom is 0.224 e. The van der Waals surface area contributed by atoms with Crippen LogP contribution in [0, 0.1) is 11.7 Å². The van der Waals surface area contributed by atoms with Crippen molar-refractivity contribution in [1.82, 2.24) is 10.2 Å². The number of amides is 2. The zero-order valence-electron chi connectivity index (χ0n) is 13.1. The van der Waals surface area contributed by atoms with E-state index in [-0.39, 0.29) is 29.5 Å². The molecule has 1 aliphatic rings. The average molecular weight is 306 g/mol. The highest BCUT2D eigenvalue weighted by Gasteiger charge is 2.27. The van der Waals surface area contributed by atoms with Crippen LogP contribution in [0.3, 0.4) is 0 Å². The maximum atomic E-state index is 12.9. The highest BCUT2D eigenvalue weighted by molar-refractivity contribution is 5.80. The van der Waals surface area contributed by atoms with Crippen LogP contribution < -0.4 is 5.32 Å². The van der Waals surface area contributed by atoms with Crippen LogP contribution in [0.5, 0.6) is 0 Å². The molecule has 1 heterocycles. The number of carbonyl (C=O) groups excluding carboxylic acids is 2. The Morgan fingerprint density at radius 3 is 2.68 bits per heavy atom. The van der Waals surface area contributed by atoms with E-state index in [9.17, 15) is 14.0 Å². The van der Waals surface area contributed by atoms with Crippen molar-refractivity contribution in [3.05, 3.63) is 35.6 Å². The summed E-state index contributed by atoms with van der Waals surface area (Å²) in [5, 5.41) is 2.95. The number of nitrogens with one attached hydrogen (secondary N) is 1. The predicted molar refractivity (Wildman–Crippen MR) is 82.8 cm³/mol. The van der Waals surface area contributed by atoms with Gasteiger partial charge in [-0.2, -0.15) is 0 Å². The fraction of sp³-hybridized carbons (Fsp3) is 0.529. The van der Waals surface area contributed by atoms with Gasteiger partial charge in [-0.05, 0) is 36.5 Å². The summed E-state index contributed by atoms with van der Waals surface area (Å²) in [6, 6.07) is 6.34. The van der Waals surface area contributed by atoms with Gasteiger partial charge in [0.15, 0.2) is 0 Å². The van der Waals surface area contributed by atoms with Gasteiger partial charge >= 0.3 is 0 Å². The summed E-state index contributed by atoms with van der Waals surface area (Å²) in [5.74, 6) is -0.237. The van der Waals surface area contributed by atoms with E-state index in [1.54, 1.807) is 17.0 Å². The number of piperidine rings is 1. The predicted octanol–water partition coefficient (Wildman–Crippen LogP) is 2.30. The second kappa shape index (κ2) is 7.38. The van der Waals surface area contributed by atoms with Gasteiger partial charge in [-0.15, -0.1) is 0 Å². The largest absolute Gasteiger partial charge is 0.355 e. The third kappa shape index (κ3) is 4.29. The van der Waals surface area contributed by atoms with Gasteiger partial charge in [-0.3, -0.25) is 9.59 Å². The van der Waals surface area contributed by atoms with Crippen LogP contribution in [0.15, 0.2) is 24.3 Å². The van der Waals surface area contributed by atoms with E-state index < -0.39 is 0 Å². The van der Waals surface area contributed by atoms with Gasteiger partial charge in [0.2, 0.25) is 11.8 Å². The Morgan fingerprint density at radius 1 is 1.36 bits per heavy atom. The first kappa shape index (κ1) is 16.5. The lowest BCUT2D eigenvalue weighted by atomic mass is 9.96. The SMILES string of the molecule is CC(=O)N1CCCC(C(=O)NCC(C)c2ccc(F)cc2)C1. The molecular formula is C17H23FN2O2. The summed E-state index contributed by atoms with van der Waals surface area (Å²) in [5.41, 5.74) is 0.996. The van der Waals surface area contributed by atoms with E-state index in [4.69, 9.17) is 0 Å². The molecule has 2 amide bonds. The zero-order chi connectivity index (χ0) is 16.1. The summed E-state index contributed by atoms with van der Waals surface area (Å²) in [7, 11) is 0. The van der Waals surface area contributed by atoms with Gasteiger partial charge < -0.3 is 10.2 Å². The van der Waals surface area contributed by atoms with Crippen molar-refractivity contribution in [2.24, 2.45) is 5.92 Å². The standard InChI is InChI=1S/C17H23FN2O2/c1-12(14-5-7-16(18)8-6-14)10-19-17(22)15-4-3-9-20(11-15)13(2)21/h5-8,12,15H,3-4,9-11H2,1-2H3,(H,19,22). The molecule has 2 rings (SSSR count). The number of nitrogens with zero attached hydrogens (tertiary/aromatic N) is 1. The Kier molecular flexibility index (Phi) is 5.52. The molecule has 0 radical (unpaired) electrons. The molecule has 1 fully saturated rings. The minimum atomic E-state index is -0.258. The monoisotopic (exact) mass is 306 g/mol. The second-order valence-corrected chi connectivity index (χ2v) is 6.00. The number of likely N-dealkylation sites (tertiary alicyclic amines) is 1. The second-order valence-electron chi connectivity index (χ2n) is 6.00. The van der Waals surface area contributed by atoms with E-state index in [1.807, 2.05) is 6.92 Å². The Balaban J connectivity index is 1.84. The number of halogens is 1. The third-order valence-corrected chi connectivity index (χ3v) is 4.26. The highest BCUT2D eigenvalue weighted by atomic mass is 19.1. The van der Waals surface area contributed by atoms with Crippen molar-refractivity contribution in [2.75, 3.05) is 19.6 Å². The number of benzene rings is 1. The molecule has 1 aromatic rings. The molecule has 4 nitrogen and oxygen atoms in total. The smallest absolute Gasteiger partial charge is 0.224 e. The molecule has 1 aliphatic heterocycles. The summed E-state index contributed by atoms with van der Waals surface area (Å²) < 4.78 is 12.9. The van der Waals surface area contributed by atoms with Crippen molar-refractivity contribution >= 4 is 11.8 Å². The summed E-state index contributed by atoms with van der Waals surface area (Å²) >= 11 is 0. The van der Waals surface area contributed by atoms with Crippen molar-refractivity contribution in [2.45, 2.75) is 32.6 Å². The fourth-order valence-electron chi connectivity index (χ4n) is 2.78. The van der Waals surface area contributed by atoms with Crippen molar-refractivity contribution < 1.29 is 14.0 Å². The number of rotatable bonds is 4. The van der Waals surface area contributed by atoms with Gasteiger partial charge in [-0.25, -0.2) is 4.39 Å². The molecule has 0 saturated carbocycles. The summed E-state index contributed by atoms with van der Waals surface area (Å²) in [6.45, 7) is 5.30. The van der Waals surface area contributed by atoms with Crippen LogP contribution in [0.2, 0.25) is 0 Å². The first-order chi connectivity index (χ1) is 10.5. The first-order valence-electron chi connectivity index (χ1n) is 7.76. The lowest BCUT2D eigenvalue weighted by Crippen LogP contribution is -2.45. The summed E-state index contributed by atoms with van der Waals surface area (Å²) in [4.78, 5) is 25.4. The molecule has 1 saturated heterocycles. The molecule has 120 valence electrons. The lowest BCUT2D eigenvalue weighted by molar-refractivity contribution is -0.133. The van der Waals surface area contributed by atoms with Gasteiger partial charge in [0.05, 0.1) is 5.92 Å². The van der Waals surface area contributed by atoms with Crippen LogP contribution in [0.4, 0.5) is 4.39 Å². The molecule has 0 aliphatic carbocycles. The van der Waals surface area contributed by atoms with Gasteiger partial charge in [0.25, 0.3) is 0 Å². The van der Waals surface area contributed by atoms with E-state index >= 15 is 0 Å².